The van der Waals surface area contributed by atoms with Gasteiger partial charge in [0, 0.05) is 18.7 Å². The molecule has 1 rings (SSSR count). The highest BCUT2D eigenvalue weighted by atomic mass is 35.5. The van der Waals surface area contributed by atoms with E-state index in [2.05, 4.69) is 10.4 Å². The molecule has 0 fully saturated rings. The van der Waals surface area contributed by atoms with Crippen molar-refractivity contribution in [2.75, 3.05) is 0 Å². The van der Waals surface area contributed by atoms with Crippen molar-refractivity contribution in [3.05, 3.63) is 22.5 Å². The second-order valence-electron chi connectivity index (χ2n) is 4.96. The van der Waals surface area contributed by atoms with Gasteiger partial charge in [0.15, 0.2) is 0 Å². The molecular weight excluding hydrogens is 294 g/mol. The molecule has 1 amide bonds. The van der Waals surface area contributed by atoms with Crippen molar-refractivity contribution < 1.29 is 14.7 Å². The van der Waals surface area contributed by atoms with E-state index >= 15 is 0 Å². The molecule has 1 unspecified atom stereocenters. The molecule has 0 aliphatic carbocycles. The summed E-state index contributed by atoms with van der Waals surface area (Å²) in [5, 5.41) is 16.2. The molecule has 2 atom stereocenters. The van der Waals surface area contributed by atoms with Gasteiger partial charge in [0.1, 0.15) is 11.2 Å². The minimum absolute atomic E-state index is 0.149. The first-order chi connectivity index (χ1) is 9.77. The summed E-state index contributed by atoms with van der Waals surface area (Å²) in [6.07, 6.45) is 3.47. The number of aliphatic carboxylic acids is 1. The zero-order chi connectivity index (χ0) is 16.2. The van der Waals surface area contributed by atoms with Gasteiger partial charge in [-0.15, -0.1) is 0 Å². The van der Waals surface area contributed by atoms with Crippen molar-refractivity contribution in [3.63, 3.8) is 0 Å². The molecule has 0 aliphatic heterocycles. The number of aryl methyl sites for hydroxylation is 2. The Bertz CT molecular complexity index is 566. The second kappa shape index (κ2) is 7.26. The molecule has 1 heterocycles. The van der Waals surface area contributed by atoms with Crippen LogP contribution in [-0.4, -0.2) is 32.8 Å². The largest absolute Gasteiger partial charge is 0.480 e. The molecule has 1 aromatic rings. The predicted octanol–water partition coefficient (Wildman–Crippen LogP) is 2.01. The highest BCUT2D eigenvalue weighted by Crippen LogP contribution is 2.19. The molecule has 7 heteroatoms. The van der Waals surface area contributed by atoms with Crippen LogP contribution in [0.3, 0.4) is 0 Å². The minimum Gasteiger partial charge on any atom is -0.480 e. The van der Waals surface area contributed by atoms with Gasteiger partial charge in [-0.3, -0.25) is 9.48 Å². The Morgan fingerprint density at radius 1 is 1.52 bits per heavy atom. The summed E-state index contributed by atoms with van der Waals surface area (Å²) in [4.78, 5) is 23.0. The zero-order valence-corrected chi connectivity index (χ0v) is 13.3. The molecule has 6 nitrogen and oxygen atoms in total. The Kier molecular flexibility index (Phi) is 5.96. The van der Waals surface area contributed by atoms with Crippen LogP contribution in [0.5, 0.6) is 0 Å². The van der Waals surface area contributed by atoms with Gasteiger partial charge in [0.05, 0.1) is 5.69 Å². The highest BCUT2D eigenvalue weighted by Gasteiger charge is 2.24. The molecule has 2 N–H and O–H groups in total. The first-order valence-electron chi connectivity index (χ1n) is 6.68. The fourth-order valence-corrected chi connectivity index (χ4v) is 2.12. The van der Waals surface area contributed by atoms with Crippen LogP contribution in [0.15, 0.2) is 6.08 Å². The Morgan fingerprint density at radius 2 is 2.14 bits per heavy atom. The molecule has 0 aromatic carbocycles. The normalized spacial score (nSPS) is 14.1. The SMILES string of the molecule is CCC(C)[C@H](NC(=O)/C=C/c1c(C)nn(C)c1Cl)C(=O)O. The van der Waals surface area contributed by atoms with Crippen molar-refractivity contribution in [2.45, 2.75) is 33.2 Å². The summed E-state index contributed by atoms with van der Waals surface area (Å²) >= 11 is 6.05. The number of hydrogen-bond acceptors (Lipinski definition) is 3. The molecule has 0 saturated heterocycles. The first-order valence-corrected chi connectivity index (χ1v) is 7.06. The molecular formula is C14H20ClN3O3. The van der Waals surface area contributed by atoms with E-state index in [4.69, 9.17) is 16.7 Å². The average molecular weight is 314 g/mol. The predicted molar refractivity (Wildman–Crippen MR) is 81.0 cm³/mol. The lowest BCUT2D eigenvalue weighted by Gasteiger charge is -2.19. The third kappa shape index (κ3) is 4.32. The number of carbonyl (C=O) groups excluding carboxylic acids is 1. The zero-order valence-electron chi connectivity index (χ0n) is 12.6. The van der Waals surface area contributed by atoms with Gasteiger partial charge in [0.2, 0.25) is 5.91 Å². The third-order valence-electron chi connectivity index (χ3n) is 3.37. The molecule has 0 saturated carbocycles. The van der Waals surface area contributed by atoms with E-state index in [1.165, 1.54) is 16.8 Å². The van der Waals surface area contributed by atoms with Crippen molar-refractivity contribution in [1.82, 2.24) is 15.1 Å². The van der Waals surface area contributed by atoms with Gasteiger partial charge in [-0.1, -0.05) is 31.9 Å². The molecule has 1 aromatic heterocycles. The van der Waals surface area contributed by atoms with Crippen molar-refractivity contribution in [2.24, 2.45) is 13.0 Å². The second-order valence-corrected chi connectivity index (χ2v) is 5.31. The van der Waals surface area contributed by atoms with Gasteiger partial charge in [-0.25, -0.2) is 4.79 Å². The topological polar surface area (TPSA) is 84.2 Å². The summed E-state index contributed by atoms with van der Waals surface area (Å²) in [6.45, 7) is 5.44. The fraction of sp³-hybridized carbons (Fsp3) is 0.500. The van der Waals surface area contributed by atoms with Crippen molar-refractivity contribution >= 4 is 29.6 Å². The summed E-state index contributed by atoms with van der Waals surface area (Å²) in [6, 6.07) is -0.905. The quantitative estimate of drug-likeness (QED) is 0.787. The number of amides is 1. The lowest BCUT2D eigenvalue weighted by molar-refractivity contribution is -0.142. The van der Waals surface area contributed by atoms with Crippen molar-refractivity contribution in [3.8, 4) is 0 Å². The summed E-state index contributed by atoms with van der Waals surface area (Å²) in [7, 11) is 1.70. The van der Waals surface area contributed by atoms with Crippen LogP contribution >= 0.6 is 11.6 Å². The maximum atomic E-state index is 11.8. The maximum absolute atomic E-state index is 11.8. The number of halogens is 1. The molecule has 0 bridgehead atoms. The number of carbonyl (C=O) groups is 2. The molecule has 0 spiro atoms. The van der Waals surface area contributed by atoms with Crippen LogP contribution in [0.2, 0.25) is 5.15 Å². The van der Waals surface area contributed by atoms with E-state index in [9.17, 15) is 9.59 Å². The van der Waals surface area contributed by atoms with E-state index in [1.54, 1.807) is 20.9 Å². The smallest absolute Gasteiger partial charge is 0.326 e. The van der Waals surface area contributed by atoms with Gasteiger partial charge in [-0.2, -0.15) is 5.10 Å². The molecule has 0 aliphatic rings. The van der Waals surface area contributed by atoms with E-state index in [0.717, 1.165) is 0 Å². The average Bonchev–Trinajstić information content (AvgIpc) is 2.66. The van der Waals surface area contributed by atoms with Gasteiger partial charge in [0.25, 0.3) is 0 Å². The molecule has 21 heavy (non-hydrogen) atoms. The number of nitrogens with zero attached hydrogens (tertiary/aromatic N) is 2. The van der Waals surface area contributed by atoms with Gasteiger partial charge < -0.3 is 10.4 Å². The lowest BCUT2D eigenvalue weighted by Crippen LogP contribution is -2.44. The Labute approximate surface area is 128 Å². The van der Waals surface area contributed by atoms with Crippen LogP contribution < -0.4 is 5.32 Å². The Morgan fingerprint density at radius 3 is 2.57 bits per heavy atom. The molecule has 0 radical (unpaired) electrons. The standard InChI is InChI=1S/C14H20ClN3O3/c1-5-8(2)12(14(20)21)16-11(19)7-6-10-9(3)17-18(4)13(10)15/h6-8,12H,5H2,1-4H3,(H,16,19)(H,20,21)/b7-6+/t8?,12-/m0/s1. The summed E-state index contributed by atoms with van der Waals surface area (Å²) in [5.41, 5.74) is 1.34. The number of rotatable bonds is 6. The van der Waals surface area contributed by atoms with Crippen LogP contribution in [0, 0.1) is 12.8 Å². The van der Waals surface area contributed by atoms with Gasteiger partial charge >= 0.3 is 5.97 Å². The van der Waals surface area contributed by atoms with Crippen molar-refractivity contribution in [1.29, 1.82) is 0 Å². The number of hydrogen-bond donors (Lipinski definition) is 2. The number of carboxylic acid groups (broad SMARTS) is 1. The van der Waals surface area contributed by atoms with Gasteiger partial charge in [-0.05, 0) is 18.9 Å². The van der Waals surface area contributed by atoms with E-state index in [1.807, 2.05) is 6.92 Å². The lowest BCUT2D eigenvalue weighted by atomic mass is 9.99. The molecule has 116 valence electrons. The summed E-state index contributed by atoms with van der Waals surface area (Å²) in [5.74, 6) is -1.66. The number of aromatic nitrogens is 2. The van der Waals surface area contributed by atoms with E-state index in [0.29, 0.717) is 22.8 Å². The van der Waals surface area contributed by atoms with Crippen LogP contribution in [0.1, 0.15) is 31.5 Å². The maximum Gasteiger partial charge on any atom is 0.326 e. The van der Waals surface area contributed by atoms with E-state index < -0.39 is 17.9 Å². The Balaban J connectivity index is 2.81. The number of carboxylic acids is 1. The monoisotopic (exact) mass is 313 g/mol. The van der Waals surface area contributed by atoms with Crippen LogP contribution in [-0.2, 0) is 16.6 Å². The Hall–Kier alpha value is -1.82. The first kappa shape index (κ1) is 17.2. The number of nitrogens with one attached hydrogen (secondary N) is 1. The third-order valence-corrected chi connectivity index (χ3v) is 3.82. The fourth-order valence-electron chi connectivity index (χ4n) is 1.88. The van der Waals surface area contributed by atoms with Crippen LogP contribution in [0.4, 0.5) is 0 Å². The van der Waals surface area contributed by atoms with E-state index in [-0.39, 0.29) is 5.92 Å². The minimum atomic E-state index is -1.04. The van der Waals surface area contributed by atoms with Crippen LogP contribution in [0.25, 0.3) is 6.08 Å². The highest BCUT2D eigenvalue weighted by molar-refractivity contribution is 6.31. The summed E-state index contributed by atoms with van der Waals surface area (Å²) < 4.78 is 1.51.